The SMILES string of the molecule is CCOC(=O)/C(F)=C/c1cncc(C)n1. The normalized spacial score (nSPS) is 11.3. The van der Waals surface area contributed by atoms with Crippen LogP contribution in [0.1, 0.15) is 18.3 Å². The van der Waals surface area contributed by atoms with Crippen molar-refractivity contribution in [3.8, 4) is 0 Å². The van der Waals surface area contributed by atoms with Crippen LogP contribution in [-0.2, 0) is 9.53 Å². The molecule has 0 fully saturated rings. The highest BCUT2D eigenvalue weighted by molar-refractivity contribution is 5.90. The molecule has 0 atom stereocenters. The van der Waals surface area contributed by atoms with Crippen molar-refractivity contribution in [1.29, 1.82) is 0 Å². The first-order valence-corrected chi connectivity index (χ1v) is 4.46. The zero-order chi connectivity index (χ0) is 11.3. The van der Waals surface area contributed by atoms with E-state index in [1.807, 2.05) is 0 Å². The predicted molar refractivity (Wildman–Crippen MR) is 52.5 cm³/mol. The first-order valence-electron chi connectivity index (χ1n) is 4.46. The third kappa shape index (κ3) is 3.46. The van der Waals surface area contributed by atoms with Gasteiger partial charge in [-0.15, -0.1) is 0 Å². The van der Waals surface area contributed by atoms with Gasteiger partial charge < -0.3 is 4.74 Å². The number of aromatic nitrogens is 2. The number of carbonyl (C=O) groups excluding carboxylic acids is 1. The fourth-order valence-corrected chi connectivity index (χ4v) is 0.941. The molecule has 1 rings (SSSR count). The monoisotopic (exact) mass is 210 g/mol. The molecule has 0 saturated heterocycles. The smallest absolute Gasteiger partial charge is 0.367 e. The van der Waals surface area contributed by atoms with Gasteiger partial charge >= 0.3 is 5.97 Å². The summed E-state index contributed by atoms with van der Waals surface area (Å²) in [5, 5.41) is 0. The van der Waals surface area contributed by atoms with Crippen LogP contribution in [0.3, 0.4) is 0 Å². The van der Waals surface area contributed by atoms with Crippen molar-refractivity contribution in [1.82, 2.24) is 9.97 Å². The van der Waals surface area contributed by atoms with Gasteiger partial charge in [0.25, 0.3) is 0 Å². The Morgan fingerprint density at radius 1 is 1.60 bits per heavy atom. The molecule has 0 bridgehead atoms. The van der Waals surface area contributed by atoms with Crippen LogP contribution in [0, 0.1) is 6.92 Å². The van der Waals surface area contributed by atoms with Gasteiger partial charge in [-0.3, -0.25) is 9.97 Å². The summed E-state index contributed by atoms with van der Waals surface area (Å²) in [4.78, 5) is 18.7. The van der Waals surface area contributed by atoms with Crippen LogP contribution in [0.15, 0.2) is 18.2 Å². The van der Waals surface area contributed by atoms with Gasteiger partial charge in [-0.2, -0.15) is 4.39 Å². The van der Waals surface area contributed by atoms with Crippen molar-refractivity contribution in [3.63, 3.8) is 0 Å². The van der Waals surface area contributed by atoms with Crippen molar-refractivity contribution >= 4 is 12.0 Å². The number of aryl methyl sites for hydroxylation is 1. The largest absolute Gasteiger partial charge is 0.461 e. The summed E-state index contributed by atoms with van der Waals surface area (Å²) in [6, 6.07) is 0. The van der Waals surface area contributed by atoms with E-state index in [-0.39, 0.29) is 6.61 Å². The number of ether oxygens (including phenoxy) is 1. The Labute approximate surface area is 86.8 Å². The van der Waals surface area contributed by atoms with E-state index in [4.69, 9.17) is 0 Å². The molecule has 15 heavy (non-hydrogen) atoms. The van der Waals surface area contributed by atoms with Gasteiger partial charge in [-0.25, -0.2) is 4.79 Å². The summed E-state index contributed by atoms with van der Waals surface area (Å²) in [6.45, 7) is 3.48. The summed E-state index contributed by atoms with van der Waals surface area (Å²) < 4.78 is 17.6. The van der Waals surface area contributed by atoms with Gasteiger partial charge in [0.2, 0.25) is 5.83 Å². The van der Waals surface area contributed by atoms with Crippen molar-refractivity contribution < 1.29 is 13.9 Å². The second-order valence-corrected chi connectivity index (χ2v) is 2.80. The summed E-state index contributed by atoms with van der Waals surface area (Å²) in [7, 11) is 0. The molecule has 80 valence electrons. The molecule has 0 unspecified atom stereocenters. The summed E-state index contributed by atoms with van der Waals surface area (Å²) in [5.41, 5.74) is 0.945. The molecule has 0 saturated carbocycles. The number of halogens is 1. The zero-order valence-corrected chi connectivity index (χ0v) is 8.53. The molecule has 0 N–H and O–H groups in total. The number of carbonyl (C=O) groups is 1. The van der Waals surface area contributed by atoms with Gasteiger partial charge in [-0.1, -0.05) is 0 Å². The molecule has 0 radical (unpaired) electrons. The fourth-order valence-electron chi connectivity index (χ4n) is 0.941. The highest BCUT2D eigenvalue weighted by Crippen LogP contribution is 2.06. The van der Waals surface area contributed by atoms with E-state index >= 15 is 0 Å². The number of hydrogen-bond donors (Lipinski definition) is 0. The quantitative estimate of drug-likeness (QED) is 0.562. The number of rotatable bonds is 3. The Balaban J connectivity index is 2.82. The Hall–Kier alpha value is -1.78. The average Bonchev–Trinajstić information content (AvgIpc) is 2.18. The number of nitrogens with zero attached hydrogens (tertiary/aromatic N) is 2. The van der Waals surface area contributed by atoms with Gasteiger partial charge in [0.05, 0.1) is 24.2 Å². The summed E-state index contributed by atoms with van der Waals surface area (Å²) >= 11 is 0. The molecule has 0 aromatic carbocycles. The van der Waals surface area contributed by atoms with Crippen molar-refractivity contribution in [2.75, 3.05) is 6.61 Å². The lowest BCUT2D eigenvalue weighted by atomic mass is 10.3. The summed E-state index contributed by atoms with van der Waals surface area (Å²) in [6.07, 6.45) is 3.91. The third-order valence-electron chi connectivity index (χ3n) is 1.52. The highest BCUT2D eigenvalue weighted by Gasteiger charge is 2.09. The molecule has 4 nitrogen and oxygen atoms in total. The number of hydrogen-bond acceptors (Lipinski definition) is 4. The maximum Gasteiger partial charge on any atom is 0.367 e. The van der Waals surface area contributed by atoms with Crippen LogP contribution < -0.4 is 0 Å². The van der Waals surface area contributed by atoms with Crippen molar-refractivity contribution in [2.24, 2.45) is 0 Å². The molecular weight excluding hydrogens is 199 g/mol. The molecule has 0 amide bonds. The van der Waals surface area contributed by atoms with E-state index < -0.39 is 11.8 Å². The topological polar surface area (TPSA) is 52.1 Å². The Morgan fingerprint density at radius 3 is 2.93 bits per heavy atom. The van der Waals surface area contributed by atoms with Crippen LogP contribution in [0.4, 0.5) is 4.39 Å². The highest BCUT2D eigenvalue weighted by atomic mass is 19.1. The van der Waals surface area contributed by atoms with Crippen LogP contribution in [0.2, 0.25) is 0 Å². The van der Waals surface area contributed by atoms with Crippen LogP contribution >= 0.6 is 0 Å². The van der Waals surface area contributed by atoms with Crippen LogP contribution in [0.5, 0.6) is 0 Å². The summed E-state index contributed by atoms with van der Waals surface area (Å²) in [5.74, 6) is -1.96. The molecule has 1 aromatic rings. The predicted octanol–water partition coefficient (Wildman–Crippen LogP) is 1.66. The lowest BCUT2D eigenvalue weighted by Gasteiger charge is -1.98. The number of esters is 1. The zero-order valence-electron chi connectivity index (χ0n) is 8.53. The first-order chi connectivity index (χ1) is 7.13. The van der Waals surface area contributed by atoms with Gasteiger partial charge in [0, 0.05) is 12.3 Å². The molecule has 0 aliphatic carbocycles. The molecular formula is C10H11FN2O2. The second kappa shape index (κ2) is 5.19. The van der Waals surface area contributed by atoms with E-state index in [1.54, 1.807) is 20.0 Å². The van der Waals surface area contributed by atoms with E-state index in [0.717, 1.165) is 6.08 Å². The van der Waals surface area contributed by atoms with Crippen molar-refractivity contribution in [2.45, 2.75) is 13.8 Å². The lowest BCUT2D eigenvalue weighted by molar-refractivity contribution is -0.140. The van der Waals surface area contributed by atoms with E-state index in [2.05, 4.69) is 14.7 Å². The average molecular weight is 210 g/mol. The minimum atomic E-state index is -0.985. The van der Waals surface area contributed by atoms with Gasteiger partial charge in [0.1, 0.15) is 0 Å². The Kier molecular flexibility index (Phi) is 3.91. The van der Waals surface area contributed by atoms with Crippen LogP contribution in [0.25, 0.3) is 6.08 Å². The maximum atomic E-state index is 13.1. The molecule has 1 aromatic heterocycles. The first kappa shape index (κ1) is 11.3. The van der Waals surface area contributed by atoms with Crippen molar-refractivity contribution in [3.05, 3.63) is 29.6 Å². The minimum absolute atomic E-state index is 0.138. The molecule has 0 aliphatic heterocycles. The molecule has 5 heteroatoms. The second-order valence-electron chi connectivity index (χ2n) is 2.80. The maximum absolute atomic E-state index is 13.1. The standard InChI is InChI=1S/C10H11FN2O2/c1-3-15-10(14)9(11)4-8-6-12-5-7(2)13-8/h4-6H,3H2,1-2H3/b9-4-. The fraction of sp³-hybridized carbons (Fsp3) is 0.300. The third-order valence-corrected chi connectivity index (χ3v) is 1.52. The van der Waals surface area contributed by atoms with Gasteiger partial charge in [0.15, 0.2) is 0 Å². The molecule has 0 spiro atoms. The van der Waals surface area contributed by atoms with E-state index in [9.17, 15) is 9.18 Å². The Bertz CT molecular complexity index is 391. The molecule has 1 heterocycles. The van der Waals surface area contributed by atoms with E-state index in [0.29, 0.717) is 11.4 Å². The van der Waals surface area contributed by atoms with Crippen LogP contribution in [-0.4, -0.2) is 22.5 Å². The van der Waals surface area contributed by atoms with Gasteiger partial charge in [-0.05, 0) is 13.8 Å². The van der Waals surface area contributed by atoms with E-state index in [1.165, 1.54) is 6.20 Å². The Morgan fingerprint density at radius 2 is 2.33 bits per heavy atom. The lowest BCUT2D eigenvalue weighted by Crippen LogP contribution is -2.04. The minimum Gasteiger partial charge on any atom is -0.461 e. The molecule has 0 aliphatic rings.